The highest BCUT2D eigenvalue weighted by molar-refractivity contribution is 7.92. The Hall–Kier alpha value is -5.91. The summed E-state index contributed by atoms with van der Waals surface area (Å²) < 4.78 is 30.1. The molecular formula is C42H30N2O2S. The van der Waals surface area contributed by atoms with Crippen molar-refractivity contribution in [3.8, 4) is 22.3 Å². The predicted molar refractivity (Wildman–Crippen MR) is 192 cm³/mol. The van der Waals surface area contributed by atoms with E-state index in [1.807, 2.05) is 157 Å². The van der Waals surface area contributed by atoms with Gasteiger partial charge in [-0.3, -0.25) is 0 Å². The molecular weight excluding hydrogens is 597 g/mol. The molecule has 0 N–H and O–H groups in total. The number of rotatable bonds is 7. The van der Waals surface area contributed by atoms with Crippen LogP contribution in [-0.4, -0.2) is 8.42 Å². The van der Waals surface area contributed by atoms with Gasteiger partial charge in [0.1, 0.15) is 4.90 Å². The molecule has 1 aliphatic rings. The normalized spacial score (nSPS) is 12.6. The summed E-state index contributed by atoms with van der Waals surface area (Å²) in [4.78, 5) is 4.86. The number of benzene rings is 7. The Bertz CT molecular complexity index is 2230. The van der Waals surface area contributed by atoms with Crippen LogP contribution in [0.5, 0.6) is 0 Å². The number of anilines is 6. The minimum absolute atomic E-state index is 0.315. The second-order valence-corrected chi connectivity index (χ2v) is 13.2. The van der Waals surface area contributed by atoms with Gasteiger partial charge in [0, 0.05) is 45.0 Å². The van der Waals surface area contributed by atoms with E-state index in [2.05, 4.69) is 35.2 Å². The maximum absolute atomic E-state index is 15.0. The maximum atomic E-state index is 15.0. The molecule has 0 saturated heterocycles. The van der Waals surface area contributed by atoms with E-state index in [0.29, 0.717) is 32.2 Å². The lowest BCUT2D eigenvalue weighted by molar-refractivity contribution is 0.599. The molecule has 4 nitrogen and oxygen atoms in total. The number of para-hydroxylation sites is 5. The van der Waals surface area contributed by atoms with Crippen molar-refractivity contribution in [2.75, 3.05) is 9.80 Å². The first-order valence-corrected chi connectivity index (χ1v) is 17.0. The van der Waals surface area contributed by atoms with Crippen molar-refractivity contribution < 1.29 is 8.42 Å². The molecule has 7 aromatic rings. The first kappa shape index (κ1) is 28.6. The van der Waals surface area contributed by atoms with E-state index >= 15 is 8.42 Å². The van der Waals surface area contributed by atoms with Crippen LogP contribution in [0.15, 0.2) is 192 Å². The standard InChI is InChI=1S/C42H30N2O2S/c45-47(46)41-36(35-25-13-14-29-39(35)43(31-17-5-1-6-18-31)32-19-7-2-8-20-32)26-15-27-37(41)38-28-16-30-40(42(38)47)44(33-21-9-3-10-22-33)34-23-11-4-12-24-34/h1-30H. The van der Waals surface area contributed by atoms with Crippen molar-refractivity contribution in [3.05, 3.63) is 182 Å². The monoisotopic (exact) mass is 626 g/mol. The topological polar surface area (TPSA) is 40.6 Å². The van der Waals surface area contributed by atoms with E-state index < -0.39 is 9.84 Å². The number of hydrogen-bond donors (Lipinski definition) is 0. The van der Waals surface area contributed by atoms with Crippen molar-refractivity contribution in [3.63, 3.8) is 0 Å². The van der Waals surface area contributed by atoms with Gasteiger partial charge in [-0.2, -0.15) is 0 Å². The molecule has 0 bridgehead atoms. The third-order valence-corrected chi connectivity index (χ3v) is 10.5. The summed E-state index contributed by atoms with van der Waals surface area (Å²) in [6.07, 6.45) is 0. The zero-order chi connectivity index (χ0) is 31.8. The predicted octanol–water partition coefficient (Wildman–Crippen LogP) is 11.1. The summed E-state index contributed by atoms with van der Waals surface area (Å²) in [5, 5.41) is 0. The highest BCUT2D eigenvalue weighted by Crippen LogP contribution is 2.54. The van der Waals surface area contributed by atoms with Crippen LogP contribution in [0.3, 0.4) is 0 Å². The number of sulfone groups is 1. The summed E-state index contributed by atoms with van der Waals surface area (Å²) in [6.45, 7) is 0. The molecule has 0 aromatic heterocycles. The zero-order valence-electron chi connectivity index (χ0n) is 25.4. The molecule has 1 heterocycles. The molecule has 0 spiro atoms. The Morgan fingerprint density at radius 3 is 1.11 bits per heavy atom. The Morgan fingerprint density at radius 2 is 0.617 bits per heavy atom. The van der Waals surface area contributed by atoms with Crippen LogP contribution >= 0.6 is 0 Å². The van der Waals surface area contributed by atoms with Crippen LogP contribution in [0.25, 0.3) is 22.3 Å². The molecule has 5 heteroatoms. The molecule has 0 aliphatic carbocycles. The Labute approximate surface area is 275 Å². The molecule has 0 saturated carbocycles. The van der Waals surface area contributed by atoms with Gasteiger partial charge in [0.15, 0.2) is 0 Å². The fourth-order valence-electron chi connectivity index (χ4n) is 6.61. The van der Waals surface area contributed by atoms with E-state index in [4.69, 9.17) is 0 Å². The van der Waals surface area contributed by atoms with Gasteiger partial charge >= 0.3 is 0 Å². The Morgan fingerprint density at radius 1 is 0.298 bits per heavy atom. The largest absolute Gasteiger partial charge is 0.310 e. The average molecular weight is 627 g/mol. The maximum Gasteiger partial charge on any atom is 0.210 e. The van der Waals surface area contributed by atoms with E-state index in [-0.39, 0.29) is 0 Å². The summed E-state index contributed by atoms with van der Waals surface area (Å²) in [5.74, 6) is 0. The van der Waals surface area contributed by atoms with E-state index in [9.17, 15) is 0 Å². The molecule has 0 unspecified atom stereocenters. The number of nitrogens with zero attached hydrogens (tertiary/aromatic N) is 2. The lowest BCUT2D eigenvalue weighted by Gasteiger charge is -2.28. The third kappa shape index (κ3) is 4.89. The number of fused-ring (bicyclic) bond motifs is 3. The fourth-order valence-corrected chi connectivity index (χ4v) is 8.65. The van der Waals surface area contributed by atoms with Gasteiger partial charge < -0.3 is 9.80 Å². The first-order valence-electron chi connectivity index (χ1n) is 15.5. The van der Waals surface area contributed by atoms with E-state index in [0.717, 1.165) is 34.0 Å². The van der Waals surface area contributed by atoms with Crippen LogP contribution in [0, 0.1) is 0 Å². The van der Waals surface area contributed by atoms with Crippen LogP contribution in [0.2, 0.25) is 0 Å². The number of hydrogen-bond acceptors (Lipinski definition) is 4. The van der Waals surface area contributed by atoms with Gasteiger partial charge in [-0.25, -0.2) is 8.42 Å². The first-order chi connectivity index (χ1) is 23.1. The summed E-state index contributed by atoms with van der Waals surface area (Å²) in [7, 11) is -3.97. The molecule has 0 fully saturated rings. The van der Waals surface area contributed by atoms with E-state index in [1.165, 1.54) is 0 Å². The minimum atomic E-state index is -3.97. The average Bonchev–Trinajstić information content (AvgIpc) is 3.37. The summed E-state index contributed by atoms with van der Waals surface area (Å²) >= 11 is 0. The van der Waals surface area contributed by atoms with Crippen LogP contribution in [-0.2, 0) is 9.84 Å². The van der Waals surface area contributed by atoms with Crippen LogP contribution in [0.1, 0.15) is 0 Å². The second-order valence-electron chi connectivity index (χ2n) is 11.4. The van der Waals surface area contributed by atoms with Crippen molar-refractivity contribution in [2.45, 2.75) is 9.79 Å². The van der Waals surface area contributed by atoms with Crippen molar-refractivity contribution in [1.82, 2.24) is 0 Å². The second kappa shape index (κ2) is 11.8. The summed E-state index contributed by atoms with van der Waals surface area (Å²) in [5.41, 5.74) is 8.14. The zero-order valence-corrected chi connectivity index (χ0v) is 26.3. The summed E-state index contributed by atoms with van der Waals surface area (Å²) in [6, 6.07) is 59.8. The molecule has 0 radical (unpaired) electrons. The molecule has 8 rings (SSSR count). The van der Waals surface area contributed by atoms with Gasteiger partial charge in [-0.05, 0) is 60.7 Å². The fraction of sp³-hybridized carbons (Fsp3) is 0. The molecule has 0 amide bonds. The molecule has 1 aliphatic heterocycles. The van der Waals surface area contributed by atoms with Gasteiger partial charge in [0.25, 0.3) is 0 Å². The van der Waals surface area contributed by atoms with Crippen molar-refractivity contribution in [2.24, 2.45) is 0 Å². The third-order valence-electron chi connectivity index (χ3n) is 8.57. The van der Waals surface area contributed by atoms with Crippen molar-refractivity contribution >= 4 is 44.0 Å². The van der Waals surface area contributed by atoms with Gasteiger partial charge in [-0.15, -0.1) is 0 Å². The van der Waals surface area contributed by atoms with Crippen molar-refractivity contribution in [1.29, 1.82) is 0 Å². The Balaban J connectivity index is 1.35. The van der Waals surface area contributed by atoms with Gasteiger partial charge in [0.05, 0.1) is 16.3 Å². The van der Waals surface area contributed by atoms with Crippen LogP contribution < -0.4 is 9.80 Å². The highest BCUT2D eigenvalue weighted by atomic mass is 32.2. The smallest absolute Gasteiger partial charge is 0.210 e. The quantitative estimate of drug-likeness (QED) is 0.176. The van der Waals surface area contributed by atoms with Crippen LogP contribution in [0.4, 0.5) is 34.1 Å². The minimum Gasteiger partial charge on any atom is -0.310 e. The van der Waals surface area contributed by atoms with Gasteiger partial charge in [0.2, 0.25) is 9.84 Å². The Kier molecular flexibility index (Phi) is 7.16. The lowest BCUT2D eigenvalue weighted by Crippen LogP contribution is -2.14. The lowest BCUT2D eigenvalue weighted by atomic mass is 9.96. The highest BCUT2D eigenvalue weighted by Gasteiger charge is 2.39. The SMILES string of the molecule is O=S1(=O)c2c(-c3ccccc3N(c3ccccc3)c3ccccc3)cccc2-c2cccc(N(c3ccccc3)c3ccccc3)c21. The molecule has 7 aromatic carbocycles. The molecule has 226 valence electrons. The van der Waals surface area contributed by atoms with Gasteiger partial charge in [-0.1, -0.05) is 121 Å². The molecule has 0 atom stereocenters. The van der Waals surface area contributed by atoms with E-state index in [1.54, 1.807) is 0 Å². The molecule has 47 heavy (non-hydrogen) atoms.